The van der Waals surface area contributed by atoms with Crippen molar-refractivity contribution >= 4 is 28.8 Å². The summed E-state index contributed by atoms with van der Waals surface area (Å²) in [7, 11) is 7.89. The number of benzene rings is 3. The third kappa shape index (κ3) is 4.40. The SMILES string of the molecule is C=C(c1ccc(OC)c(/C=C2/C(=O)Nc3ccc(OC)cc32)c1)c1cc(OC)c(OC)c(OC)c1. The second-order valence-electron chi connectivity index (χ2n) is 7.77. The maximum absolute atomic E-state index is 12.8. The molecule has 0 fully saturated rings. The molecule has 0 saturated carbocycles. The highest BCUT2D eigenvalue weighted by Crippen LogP contribution is 2.42. The van der Waals surface area contributed by atoms with Gasteiger partial charge in [-0.3, -0.25) is 4.79 Å². The van der Waals surface area contributed by atoms with Crippen LogP contribution in [-0.4, -0.2) is 41.5 Å². The monoisotopic (exact) mass is 473 g/mol. The zero-order valence-electron chi connectivity index (χ0n) is 20.4. The molecule has 0 unspecified atom stereocenters. The predicted octanol–water partition coefficient (Wildman–Crippen LogP) is 5.28. The van der Waals surface area contributed by atoms with Crippen LogP contribution >= 0.6 is 0 Å². The molecule has 1 aliphatic heterocycles. The number of rotatable bonds is 8. The van der Waals surface area contributed by atoms with E-state index in [2.05, 4.69) is 11.9 Å². The smallest absolute Gasteiger partial charge is 0.256 e. The van der Waals surface area contributed by atoms with Crippen molar-refractivity contribution in [2.45, 2.75) is 0 Å². The van der Waals surface area contributed by atoms with Gasteiger partial charge in [-0.1, -0.05) is 12.6 Å². The molecule has 0 spiro atoms. The van der Waals surface area contributed by atoms with E-state index >= 15 is 0 Å². The molecule has 0 atom stereocenters. The molecule has 0 radical (unpaired) electrons. The molecule has 180 valence electrons. The average Bonchev–Trinajstić information content (AvgIpc) is 3.20. The normalized spacial score (nSPS) is 13.2. The van der Waals surface area contributed by atoms with Gasteiger partial charge in [0.1, 0.15) is 11.5 Å². The average molecular weight is 474 g/mol. The minimum absolute atomic E-state index is 0.191. The summed E-state index contributed by atoms with van der Waals surface area (Å²) in [4.78, 5) is 12.8. The number of hydrogen-bond donors (Lipinski definition) is 1. The molecule has 0 aliphatic carbocycles. The molecule has 1 aliphatic rings. The molecular formula is C28H27NO6. The highest BCUT2D eigenvalue weighted by molar-refractivity contribution is 6.35. The zero-order chi connectivity index (χ0) is 25.1. The number of methoxy groups -OCH3 is 5. The Kier molecular flexibility index (Phi) is 6.68. The van der Waals surface area contributed by atoms with Gasteiger partial charge >= 0.3 is 0 Å². The Morgan fingerprint density at radius 3 is 2.06 bits per heavy atom. The molecule has 1 N–H and O–H groups in total. The van der Waals surface area contributed by atoms with E-state index in [0.717, 1.165) is 33.5 Å². The summed E-state index contributed by atoms with van der Waals surface area (Å²) in [6.45, 7) is 4.29. The van der Waals surface area contributed by atoms with Crippen molar-refractivity contribution in [2.24, 2.45) is 0 Å². The fourth-order valence-electron chi connectivity index (χ4n) is 4.05. The quantitative estimate of drug-likeness (QED) is 0.449. The number of carbonyl (C=O) groups is 1. The van der Waals surface area contributed by atoms with E-state index in [4.69, 9.17) is 23.7 Å². The second kappa shape index (κ2) is 9.85. The van der Waals surface area contributed by atoms with Gasteiger partial charge in [0.2, 0.25) is 5.75 Å². The second-order valence-corrected chi connectivity index (χ2v) is 7.77. The number of ether oxygens (including phenoxy) is 5. The van der Waals surface area contributed by atoms with Crippen LogP contribution in [0.5, 0.6) is 28.7 Å². The molecule has 1 heterocycles. The summed E-state index contributed by atoms with van der Waals surface area (Å²) in [5.41, 5.74) is 5.15. The number of fused-ring (bicyclic) bond motifs is 1. The molecule has 3 aromatic carbocycles. The van der Waals surface area contributed by atoms with E-state index in [0.29, 0.717) is 34.3 Å². The van der Waals surface area contributed by atoms with Crippen LogP contribution in [0.4, 0.5) is 5.69 Å². The third-order valence-electron chi connectivity index (χ3n) is 5.90. The van der Waals surface area contributed by atoms with Crippen LogP contribution in [-0.2, 0) is 4.79 Å². The Bertz CT molecular complexity index is 1320. The summed E-state index contributed by atoms with van der Waals surface area (Å²) in [6, 6.07) is 14.9. The lowest BCUT2D eigenvalue weighted by molar-refractivity contribution is -0.110. The topological polar surface area (TPSA) is 75.3 Å². The predicted molar refractivity (Wildman–Crippen MR) is 137 cm³/mol. The number of amides is 1. The van der Waals surface area contributed by atoms with Gasteiger partial charge in [0.25, 0.3) is 5.91 Å². The first-order chi connectivity index (χ1) is 16.9. The lowest BCUT2D eigenvalue weighted by Crippen LogP contribution is -2.03. The minimum Gasteiger partial charge on any atom is -0.497 e. The Morgan fingerprint density at radius 1 is 0.771 bits per heavy atom. The number of anilines is 1. The lowest BCUT2D eigenvalue weighted by Gasteiger charge is -2.16. The van der Waals surface area contributed by atoms with Crippen molar-refractivity contribution in [3.05, 3.63) is 77.4 Å². The van der Waals surface area contributed by atoms with Crippen LogP contribution in [0, 0.1) is 0 Å². The van der Waals surface area contributed by atoms with Crippen molar-refractivity contribution in [3.63, 3.8) is 0 Å². The summed E-state index contributed by atoms with van der Waals surface area (Å²) >= 11 is 0. The molecule has 1 amide bonds. The molecule has 0 saturated heterocycles. The van der Waals surface area contributed by atoms with Gasteiger partial charge in [-0.15, -0.1) is 0 Å². The van der Waals surface area contributed by atoms with Crippen LogP contribution in [0.15, 0.2) is 55.1 Å². The number of hydrogen-bond acceptors (Lipinski definition) is 6. The lowest BCUT2D eigenvalue weighted by atomic mass is 9.95. The first-order valence-electron chi connectivity index (χ1n) is 10.8. The van der Waals surface area contributed by atoms with Crippen molar-refractivity contribution in [2.75, 3.05) is 40.9 Å². The van der Waals surface area contributed by atoms with Crippen molar-refractivity contribution in [1.29, 1.82) is 0 Å². The fraction of sp³-hybridized carbons (Fsp3) is 0.179. The van der Waals surface area contributed by atoms with Crippen LogP contribution < -0.4 is 29.0 Å². The molecule has 7 heteroatoms. The summed E-state index contributed by atoms with van der Waals surface area (Å²) < 4.78 is 27.3. The summed E-state index contributed by atoms with van der Waals surface area (Å²) in [5.74, 6) is 2.68. The van der Waals surface area contributed by atoms with Gasteiger partial charge in [0.05, 0.1) is 35.5 Å². The molecular weight excluding hydrogens is 446 g/mol. The van der Waals surface area contributed by atoms with Crippen LogP contribution in [0.2, 0.25) is 0 Å². The Balaban J connectivity index is 1.79. The van der Waals surface area contributed by atoms with E-state index < -0.39 is 0 Å². The van der Waals surface area contributed by atoms with Crippen molar-refractivity contribution < 1.29 is 28.5 Å². The first kappa shape index (κ1) is 23.8. The Hall–Kier alpha value is -4.39. The fourth-order valence-corrected chi connectivity index (χ4v) is 4.05. The number of carbonyl (C=O) groups excluding carboxylic acids is 1. The van der Waals surface area contributed by atoms with Gasteiger partial charge in [-0.2, -0.15) is 0 Å². The van der Waals surface area contributed by atoms with E-state index in [-0.39, 0.29) is 5.91 Å². The molecule has 3 aromatic rings. The van der Waals surface area contributed by atoms with Gasteiger partial charge in [-0.05, 0) is 65.2 Å². The molecule has 0 bridgehead atoms. The van der Waals surface area contributed by atoms with Crippen molar-refractivity contribution in [1.82, 2.24) is 0 Å². The maximum Gasteiger partial charge on any atom is 0.256 e. The largest absolute Gasteiger partial charge is 0.497 e. The van der Waals surface area contributed by atoms with E-state index in [9.17, 15) is 4.79 Å². The highest BCUT2D eigenvalue weighted by Gasteiger charge is 2.25. The summed E-state index contributed by atoms with van der Waals surface area (Å²) in [5, 5.41) is 2.90. The standard InChI is InChI=1S/C28H27NO6/c1-16(18-13-25(33-4)27(35-6)26(14-18)34-5)17-7-10-24(32-3)19(11-17)12-22-21-15-20(31-2)8-9-23(21)29-28(22)30/h7-15H,1H2,2-6H3,(H,29,30)/b22-12+. The summed E-state index contributed by atoms with van der Waals surface area (Å²) in [6.07, 6.45) is 1.81. The molecule has 4 rings (SSSR count). The van der Waals surface area contributed by atoms with E-state index in [1.165, 1.54) is 0 Å². The van der Waals surface area contributed by atoms with Gasteiger partial charge in [0, 0.05) is 22.4 Å². The number of nitrogens with one attached hydrogen (secondary N) is 1. The Labute approximate surface area is 204 Å². The van der Waals surface area contributed by atoms with Crippen LogP contribution in [0.25, 0.3) is 17.2 Å². The molecule has 35 heavy (non-hydrogen) atoms. The first-order valence-corrected chi connectivity index (χ1v) is 10.8. The van der Waals surface area contributed by atoms with Crippen LogP contribution in [0.3, 0.4) is 0 Å². The van der Waals surface area contributed by atoms with Gasteiger partial charge < -0.3 is 29.0 Å². The molecule has 0 aromatic heterocycles. The van der Waals surface area contributed by atoms with E-state index in [1.807, 2.05) is 54.6 Å². The highest BCUT2D eigenvalue weighted by atomic mass is 16.5. The molecule has 7 nitrogen and oxygen atoms in total. The van der Waals surface area contributed by atoms with Crippen molar-refractivity contribution in [3.8, 4) is 28.7 Å². The third-order valence-corrected chi connectivity index (χ3v) is 5.90. The van der Waals surface area contributed by atoms with E-state index in [1.54, 1.807) is 35.5 Å². The minimum atomic E-state index is -0.191. The zero-order valence-corrected chi connectivity index (χ0v) is 20.4. The maximum atomic E-state index is 12.8. The van der Waals surface area contributed by atoms with Crippen LogP contribution in [0.1, 0.15) is 22.3 Å². The Morgan fingerprint density at radius 2 is 1.46 bits per heavy atom. The van der Waals surface area contributed by atoms with Gasteiger partial charge in [0.15, 0.2) is 11.5 Å². The van der Waals surface area contributed by atoms with Gasteiger partial charge in [-0.25, -0.2) is 0 Å².